The molecule has 1 fully saturated rings. The van der Waals surface area contributed by atoms with E-state index in [1.54, 1.807) is 0 Å². The van der Waals surface area contributed by atoms with Crippen molar-refractivity contribution in [1.29, 1.82) is 0 Å². The molecule has 1 rings (SSSR count). The fourth-order valence-corrected chi connectivity index (χ4v) is 4.37. The zero-order valence-electron chi connectivity index (χ0n) is 9.85. The molecule has 0 spiro atoms. The third kappa shape index (κ3) is 3.85. The molecular formula is C10H21N3OSi. The van der Waals surface area contributed by atoms with Crippen LogP contribution in [0.3, 0.4) is 0 Å². The number of hydrogen-bond donors (Lipinski definition) is 1. The Balaban J connectivity index is 2.72. The third-order valence-electron chi connectivity index (χ3n) is 3.04. The van der Waals surface area contributed by atoms with Gasteiger partial charge in [0.05, 0.1) is 6.10 Å². The van der Waals surface area contributed by atoms with Crippen LogP contribution < -0.4 is 0 Å². The van der Waals surface area contributed by atoms with Gasteiger partial charge in [0, 0.05) is 19.0 Å². The zero-order chi connectivity index (χ0) is 11.5. The van der Waals surface area contributed by atoms with E-state index >= 15 is 0 Å². The summed E-state index contributed by atoms with van der Waals surface area (Å²) in [4.78, 5) is 2.90. The minimum absolute atomic E-state index is 0.0190. The largest absolute Gasteiger partial charge is 0.393 e. The molecule has 0 heterocycles. The minimum atomic E-state index is -1.20. The van der Waals surface area contributed by atoms with Gasteiger partial charge >= 0.3 is 0 Å². The van der Waals surface area contributed by atoms with Gasteiger partial charge in [-0.05, 0) is 24.3 Å². The summed E-state index contributed by atoms with van der Waals surface area (Å²) in [6.45, 7) is 6.88. The monoisotopic (exact) mass is 227 g/mol. The predicted molar refractivity (Wildman–Crippen MR) is 64.4 cm³/mol. The van der Waals surface area contributed by atoms with Crippen molar-refractivity contribution in [3.63, 3.8) is 0 Å². The highest BCUT2D eigenvalue weighted by molar-refractivity contribution is 6.76. The van der Waals surface area contributed by atoms with E-state index in [0.717, 1.165) is 25.3 Å². The molecular weight excluding hydrogens is 206 g/mol. The van der Waals surface area contributed by atoms with Crippen LogP contribution in [0, 0.1) is 5.92 Å². The first-order chi connectivity index (χ1) is 6.94. The van der Waals surface area contributed by atoms with Gasteiger partial charge in [0.15, 0.2) is 0 Å². The molecule has 1 aliphatic rings. The minimum Gasteiger partial charge on any atom is -0.393 e. The maximum absolute atomic E-state index is 9.97. The molecule has 1 aliphatic carbocycles. The SMILES string of the molecule is C[Si](C)(C)C[C@H]1[C@@H](O)CCC[C@H]1N=[N+]=[N-]. The third-order valence-corrected chi connectivity index (χ3v) is 4.73. The van der Waals surface area contributed by atoms with Crippen LogP contribution >= 0.6 is 0 Å². The highest BCUT2D eigenvalue weighted by Crippen LogP contribution is 2.33. The molecule has 86 valence electrons. The number of rotatable bonds is 3. The Kier molecular flexibility index (Phi) is 4.19. The summed E-state index contributed by atoms with van der Waals surface area (Å²) >= 11 is 0. The molecule has 0 aliphatic heterocycles. The van der Waals surface area contributed by atoms with E-state index in [-0.39, 0.29) is 18.1 Å². The standard InChI is InChI=1S/C10H21N3OSi/c1-15(2,3)7-8-9(12-13-11)5-4-6-10(8)14/h8-10,14H,4-7H2,1-3H3/t8-,9-,10+/m1/s1. The molecule has 5 heteroatoms. The van der Waals surface area contributed by atoms with Gasteiger partial charge in [-0.2, -0.15) is 0 Å². The number of hydrogen-bond acceptors (Lipinski definition) is 2. The van der Waals surface area contributed by atoms with Crippen LogP contribution in [0.1, 0.15) is 19.3 Å². The Morgan fingerprint density at radius 3 is 2.60 bits per heavy atom. The topological polar surface area (TPSA) is 69.0 Å². The summed E-state index contributed by atoms with van der Waals surface area (Å²) in [6.07, 6.45) is 2.52. The lowest BCUT2D eigenvalue weighted by Gasteiger charge is -2.36. The lowest BCUT2D eigenvalue weighted by molar-refractivity contribution is 0.0665. The predicted octanol–water partition coefficient (Wildman–Crippen LogP) is 3.16. The van der Waals surface area contributed by atoms with Crippen LogP contribution in [0.25, 0.3) is 10.4 Å². The maximum atomic E-state index is 9.97. The molecule has 1 saturated carbocycles. The van der Waals surface area contributed by atoms with E-state index in [1.165, 1.54) is 0 Å². The first-order valence-electron chi connectivity index (χ1n) is 5.66. The number of aliphatic hydroxyl groups excluding tert-OH is 1. The van der Waals surface area contributed by atoms with E-state index in [1.807, 2.05) is 0 Å². The molecule has 3 atom stereocenters. The maximum Gasteiger partial charge on any atom is 0.0569 e. The van der Waals surface area contributed by atoms with Gasteiger partial charge in [-0.15, -0.1) is 0 Å². The highest BCUT2D eigenvalue weighted by Gasteiger charge is 2.34. The Labute approximate surface area is 92.3 Å². The molecule has 15 heavy (non-hydrogen) atoms. The van der Waals surface area contributed by atoms with Gasteiger partial charge in [-0.1, -0.05) is 37.2 Å². The normalized spacial score (nSPS) is 32.1. The lowest BCUT2D eigenvalue weighted by Crippen LogP contribution is -2.39. The Bertz CT molecular complexity index is 258. The average Bonchev–Trinajstić information content (AvgIpc) is 2.10. The second-order valence-electron chi connectivity index (χ2n) is 5.70. The van der Waals surface area contributed by atoms with Gasteiger partial charge in [0.1, 0.15) is 0 Å². The van der Waals surface area contributed by atoms with E-state index in [0.29, 0.717) is 0 Å². The van der Waals surface area contributed by atoms with E-state index in [4.69, 9.17) is 5.53 Å². The van der Waals surface area contributed by atoms with Crippen LogP contribution in [-0.4, -0.2) is 25.3 Å². The molecule has 0 amide bonds. The molecule has 0 saturated heterocycles. The summed E-state index contributed by atoms with van der Waals surface area (Å²) in [7, 11) is -1.20. The Hall–Kier alpha value is -0.513. The molecule has 0 aromatic heterocycles. The van der Waals surface area contributed by atoms with Crippen molar-refractivity contribution in [3.8, 4) is 0 Å². The second kappa shape index (κ2) is 5.01. The summed E-state index contributed by atoms with van der Waals surface area (Å²) < 4.78 is 0. The van der Waals surface area contributed by atoms with Crippen molar-refractivity contribution < 1.29 is 5.11 Å². The highest BCUT2D eigenvalue weighted by atomic mass is 28.3. The molecule has 1 N–H and O–H groups in total. The summed E-state index contributed by atoms with van der Waals surface area (Å²) in [5, 5.41) is 13.8. The van der Waals surface area contributed by atoms with Crippen LogP contribution in [0.5, 0.6) is 0 Å². The van der Waals surface area contributed by atoms with Crippen molar-refractivity contribution in [2.24, 2.45) is 11.0 Å². The van der Waals surface area contributed by atoms with Crippen molar-refractivity contribution in [2.75, 3.05) is 0 Å². The zero-order valence-corrected chi connectivity index (χ0v) is 10.8. The summed E-state index contributed by atoms with van der Waals surface area (Å²) in [5.74, 6) is 0.196. The fraction of sp³-hybridized carbons (Fsp3) is 1.00. The fourth-order valence-electron chi connectivity index (χ4n) is 2.41. The first kappa shape index (κ1) is 12.6. The van der Waals surface area contributed by atoms with E-state index in [2.05, 4.69) is 29.7 Å². The van der Waals surface area contributed by atoms with Gasteiger partial charge < -0.3 is 5.11 Å². The van der Waals surface area contributed by atoms with Crippen molar-refractivity contribution in [3.05, 3.63) is 10.4 Å². The molecule has 0 aromatic rings. The van der Waals surface area contributed by atoms with Crippen LogP contribution in [0.2, 0.25) is 25.7 Å². The second-order valence-corrected chi connectivity index (χ2v) is 11.2. The van der Waals surface area contributed by atoms with Gasteiger partial charge in [-0.25, -0.2) is 0 Å². The Morgan fingerprint density at radius 2 is 2.07 bits per heavy atom. The van der Waals surface area contributed by atoms with Gasteiger partial charge in [-0.3, -0.25) is 0 Å². The number of azide groups is 1. The summed E-state index contributed by atoms with van der Waals surface area (Å²) in [5.41, 5.74) is 8.51. The number of nitrogens with zero attached hydrogens (tertiary/aromatic N) is 3. The van der Waals surface area contributed by atoms with Crippen molar-refractivity contribution >= 4 is 8.07 Å². The van der Waals surface area contributed by atoms with Gasteiger partial charge in [0.25, 0.3) is 0 Å². The van der Waals surface area contributed by atoms with E-state index in [9.17, 15) is 5.11 Å². The average molecular weight is 227 g/mol. The molecule has 4 nitrogen and oxygen atoms in total. The quantitative estimate of drug-likeness (QED) is 0.342. The summed E-state index contributed by atoms with van der Waals surface area (Å²) in [6, 6.07) is 1.07. The molecule has 0 unspecified atom stereocenters. The van der Waals surface area contributed by atoms with Crippen LogP contribution in [0.15, 0.2) is 5.11 Å². The van der Waals surface area contributed by atoms with Crippen LogP contribution in [0.4, 0.5) is 0 Å². The van der Waals surface area contributed by atoms with Crippen molar-refractivity contribution in [1.82, 2.24) is 0 Å². The van der Waals surface area contributed by atoms with Crippen LogP contribution in [-0.2, 0) is 0 Å². The van der Waals surface area contributed by atoms with Gasteiger partial charge in [0.2, 0.25) is 0 Å². The smallest absolute Gasteiger partial charge is 0.0569 e. The lowest BCUT2D eigenvalue weighted by atomic mass is 9.84. The number of aliphatic hydroxyl groups is 1. The first-order valence-corrected chi connectivity index (χ1v) is 9.37. The molecule has 0 radical (unpaired) electrons. The van der Waals surface area contributed by atoms with Crippen molar-refractivity contribution in [2.45, 2.75) is 57.1 Å². The molecule has 0 bridgehead atoms. The van der Waals surface area contributed by atoms with E-state index < -0.39 is 8.07 Å². The Morgan fingerprint density at radius 1 is 1.40 bits per heavy atom. The molecule has 0 aromatic carbocycles.